The Hall–Kier alpha value is -4.38. The van der Waals surface area contributed by atoms with E-state index < -0.39 is 0 Å². The third-order valence-corrected chi connectivity index (χ3v) is 5.35. The molecule has 2 aliphatic rings. The van der Waals surface area contributed by atoms with E-state index in [1.807, 2.05) is 72.8 Å². The van der Waals surface area contributed by atoms with Crippen LogP contribution in [0.3, 0.4) is 0 Å². The topological polar surface area (TPSA) is 77.6 Å². The number of hydrogen-bond donors (Lipinski definition) is 3. The van der Waals surface area contributed by atoms with E-state index in [1.165, 1.54) is 0 Å². The quantitative estimate of drug-likeness (QED) is 0.314. The Morgan fingerprint density at radius 2 is 1.13 bits per heavy atom. The van der Waals surface area contributed by atoms with Gasteiger partial charge < -0.3 is 15.1 Å². The third-order valence-electron chi connectivity index (χ3n) is 5.35. The first kappa shape index (κ1) is 17.5. The molecule has 5 heterocycles. The highest BCUT2D eigenvalue weighted by Gasteiger charge is 2.14. The number of benzene rings is 1. The molecule has 0 unspecified atom stereocenters. The second kappa shape index (κ2) is 6.85. The van der Waals surface area contributed by atoms with Crippen LogP contribution < -0.4 is 0 Å². The lowest BCUT2D eigenvalue weighted by atomic mass is 10.0. The van der Waals surface area contributed by atoms with Gasteiger partial charge in [-0.2, -0.15) is 0 Å². The molecule has 6 rings (SSSR count). The standard InChI is InChI=1S/C26H18N4O/c31-23-3-1-2-16(12-23)26-24-10-8-21(29-24)14-19-6-4-17(27-19)13-18-5-7-20(28-18)15-22-9-11-25(26)30-22/h1-15,27-28,31H. The molecule has 2 aliphatic heterocycles. The summed E-state index contributed by atoms with van der Waals surface area (Å²) in [6.45, 7) is 0. The molecule has 148 valence electrons. The van der Waals surface area contributed by atoms with E-state index in [4.69, 9.17) is 9.97 Å². The number of fused-ring (bicyclic) bond motifs is 8. The Bertz CT molecular complexity index is 1460. The summed E-state index contributed by atoms with van der Waals surface area (Å²) in [6.07, 6.45) is 7.98. The van der Waals surface area contributed by atoms with E-state index in [9.17, 15) is 5.11 Å². The van der Waals surface area contributed by atoms with E-state index in [0.29, 0.717) is 0 Å². The van der Waals surface area contributed by atoms with Gasteiger partial charge in [-0.15, -0.1) is 0 Å². The van der Waals surface area contributed by atoms with Crippen molar-refractivity contribution in [3.8, 4) is 16.9 Å². The SMILES string of the molecule is Oc1cccc(-c2c3nc(cc4ccc(cc5ccc(cc6nc2C=C6)[nH]5)[nH]4)C=C3)c1. The lowest BCUT2D eigenvalue weighted by Crippen LogP contribution is -1.88. The zero-order valence-electron chi connectivity index (χ0n) is 16.5. The molecule has 0 aliphatic carbocycles. The van der Waals surface area contributed by atoms with Gasteiger partial charge in [-0.1, -0.05) is 12.1 Å². The lowest BCUT2D eigenvalue weighted by Gasteiger charge is -2.05. The summed E-state index contributed by atoms with van der Waals surface area (Å²) in [4.78, 5) is 16.5. The van der Waals surface area contributed by atoms with Gasteiger partial charge in [-0.25, -0.2) is 9.97 Å². The Morgan fingerprint density at radius 1 is 0.581 bits per heavy atom. The molecule has 8 bridgehead atoms. The molecule has 5 heteroatoms. The highest BCUT2D eigenvalue weighted by Crippen LogP contribution is 2.32. The molecule has 5 nitrogen and oxygen atoms in total. The van der Waals surface area contributed by atoms with Crippen LogP contribution in [0.15, 0.2) is 66.7 Å². The van der Waals surface area contributed by atoms with Gasteiger partial charge in [-0.05, 0) is 84.5 Å². The molecule has 0 fully saturated rings. The number of aromatic hydroxyl groups is 1. The van der Waals surface area contributed by atoms with Crippen LogP contribution in [0.5, 0.6) is 5.75 Å². The summed E-state index contributed by atoms with van der Waals surface area (Å²) in [7, 11) is 0. The third kappa shape index (κ3) is 3.32. The Kier molecular flexibility index (Phi) is 3.86. The van der Waals surface area contributed by atoms with Crippen LogP contribution in [0.1, 0.15) is 22.8 Å². The minimum absolute atomic E-state index is 0.211. The van der Waals surface area contributed by atoms with Crippen LogP contribution >= 0.6 is 0 Å². The fraction of sp³-hybridized carbons (Fsp3) is 0. The molecule has 0 saturated carbocycles. The Balaban J connectivity index is 1.72. The predicted molar refractivity (Wildman–Crippen MR) is 126 cm³/mol. The van der Waals surface area contributed by atoms with Crippen molar-refractivity contribution in [2.45, 2.75) is 0 Å². The van der Waals surface area contributed by atoms with Crippen molar-refractivity contribution in [1.82, 2.24) is 19.9 Å². The van der Waals surface area contributed by atoms with E-state index >= 15 is 0 Å². The highest BCUT2D eigenvalue weighted by atomic mass is 16.3. The Morgan fingerprint density at radius 3 is 1.68 bits per heavy atom. The monoisotopic (exact) mass is 402 g/mol. The average molecular weight is 402 g/mol. The van der Waals surface area contributed by atoms with Crippen LogP contribution in [0.2, 0.25) is 0 Å². The van der Waals surface area contributed by atoms with Crippen molar-refractivity contribution in [1.29, 1.82) is 0 Å². The number of phenolic OH excluding ortho intramolecular Hbond substituents is 1. The molecular weight excluding hydrogens is 384 g/mol. The first-order chi connectivity index (χ1) is 15.2. The largest absolute Gasteiger partial charge is 0.508 e. The number of hydrogen-bond acceptors (Lipinski definition) is 3. The van der Waals surface area contributed by atoms with Crippen molar-refractivity contribution in [3.63, 3.8) is 0 Å². The number of nitrogens with zero attached hydrogens (tertiary/aromatic N) is 2. The smallest absolute Gasteiger partial charge is 0.116 e. The zero-order chi connectivity index (χ0) is 20.8. The molecule has 4 aromatic rings. The van der Waals surface area contributed by atoms with Crippen molar-refractivity contribution in [2.24, 2.45) is 0 Å². The number of nitrogens with one attached hydrogen (secondary N) is 2. The van der Waals surface area contributed by atoms with Gasteiger partial charge in [-0.3, -0.25) is 0 Å². The van der Waals surface area contributed by atoms with Crippen LogP contribution in [0.4, 0.5) is 0 Å². The predicted octanol–water partition coefficient (Wildman–Crippen LogP) is 6.03. The molecular formula is C26H18N4O. The minimum Gasteiger partial charge on any atom is -0.508 e. The first-order valence-electron chi connectivity index (χ1n) is 10.1. The van der Waals surface area contributed by atoms with Crippen LogP contribution in [-0.2, 0) is 0 Å². The fourth-order valence-electron chi connectivity index (χ4n) is 3.97. The average Bonchev–Trinajstić information content (AvgIpc) is 3.53. The maximum Gasteiger partial charge on any atom is 0.116 e. The van der Waals surface area contributed by atoms with Gasteiger partial charge in [0, 0.05) is 27.6 Å². The fourth-order valence-corrected chi connectivity index (χ4v) is 3.97. The van der Waals surface area contributed by atoms with Crippen molar-refractivity contribution < 1.29 is 5.11 Å². The molecule has 0 saturated heterocycles. The van der Waals surface area contributed by atoms with Gasteiger partial charge in [0.1, 0.15) is 5.75 Å². The molecule has 1 aromatic carbocycles. The lowest BCUT2D eigenvalue weighted by molar-refractivity contribution is 0.475. The van der Waals surface area contributed by atoms with Gasteiger partial charge in [0.15, 0.2) is 0 Å². The summed E-state index contributed by atoms with van der Waals surface area (Å²) in [5.74, 6) is 0.211. The number of phenols is 1. The molecule has 0 amide bonds. The summed E-state index contributed by atoms with van der Waals surface area (Å²) < 4.78 is 0. The van der Waals surface area contributed by atoms with Crippen molar-refractivity contribution in [2.75, 3.05) is 0 Å². The maximum absolute atomic E-state index is 10.1. The Labute approximate surface area is 178 Å². The second-order valence-corrected chi connectivity index (χ2v) is 7.61. The van der Waals surface area contributed by atoms with Gasteiger partial charge in [0.2, 0.25) is 0 Å². The van der Waals surface area contributed by atoms with E-state index in [2.05, 4.69) is 16.0 Å². The summed E-state index contributed by atoms with van der Waals surface area (Å²) in [6, 6.07) is 21.5. The van der Waals surface area contributed by atoms with Crippen LogP contribution in [0.25, 0.3) is 57.5 Å². The first-order valence-corrected chi connectivity index (χ1v) is 10.1. The van der Waals surface area contributed by atoms with Crippen molar-refractivity contribution >= 4 is 46.4 Å². The molecule has 0 radical (unpaired) electrons. The molecule has 0 atom stereocenters. The van der Waals surface area contributed by atoms with Gasteiger partial charge in [0.25, 0.3) is 0 Å². The van der Waals surface area contributed by atoms with Gasteiger partial charge in [0.05, 0.1) is 22.8 Å². The van der Waals surface area contributed by atoms with E-state index in [0.717, 1.165) is 56.0 Å². The molecule has 0 spiro atoms. The molecule has 31 heavy (non-hydrogen) atoms. The molecule has 3 N–H and O–H groups in total. The van der Waals surface area contributed by atoms with Crippen LogP contribution in [0, 0.1) is 0 Å². The summed E-state index contributed by atoms with van der Waals surface area (Å²) in [5.41, 5.74) is 9.08. The zero-order valence-corrected chi connectivity index (χ0v) is 16.5. The highest BCUT2D eigenvalue weighted by molar-refractivity contribution is 5.89. The van der Waals surface area contributed by atoms with E-state index in [1.54, 1.807) is 12.1 Å². The number of rotatable bonds is 1. The second-order valence-electron chi connectivity index (χ2n) is 7.61. The maximum atomic E-state index is 10.1. The van der Waals surface area contributed by atoms with E-state index in [-0.39, 0.29) is 5.75 Å². The minimum atomic E-state index is 0.211. The number of aromatic nitrogens is 4. The summed E-state index contributed by atoms with van der Waals surface area (Å²) >= 11 is 0. The van der Waals surface area contributed by atoms with Crippen molar-refractivity contribution in [3.05, 3.63) is 89.5 Å². The number of aromatic amines is 2. The summed E-state index contributed by atoms with van der Waals surface area (Å²) in [5, 5.41) is 10.1. The molecule has 3 aromatic heterocycles. The van der Waals surface area contributed by atoms with Gasteiger partial charge >= 0.3 is 0 Å². The number of H-pyrrole nitrogens is 2. The normalized spacial score (nSPS) is 12.4. The van der Waals surface area contributed by atoms with Crippen LogP contribution in [-0.4, -0.2) is 25.0 Å².